The van der Waals surface area contributed by atoms with Crippen molar-refractivity contribution in [2.45, 2.75) is 6.42 Å². The number of hydrogen-bond acceptors (Lipinski definition) is 5. The summed E-state index contributed by atoms with van der Waals surface area (Å²) >= 11 is 0. The number of ether oxygens (including phenoxy) is 1. The molecule has 1 aromatic carbocycles. The second kappa shape index (κ2) is 6.09. The van der Waals surface area contributed by atoms with Crippen LogP contribution in [0.5, 0.6) is 5.75 Å². The number of carboxylic acid groups (broad SMARTS) is 1. The van der Waals surface area contributed by atoms with E-state index in [9.17, 15) is 18.3 Å². The van der Waals surface area contributed by atoms with Gasteiger partial charge in [-0.2, -0.15) is 0 Å². The number of aromatic carboxylic acids is 1. The number of carboxylic acids is 1. The van der Waals surface area contributed by atoms with Crippen molar-refractivity contribution in [2.75, 3.05) is 18.6 Å². The van der Waals surface area contributed by atoms with Crippen molar-refractivity contribution in [3.63, 3.8) is 0 Å². The lowest BCUT2D eigenvalue weighted by Crippen LogP contribution is -2.10. The second-order valence-electron chi connectivity index (χ2n) is 4.65. The first-order valence-corrected chi connectivity index (χ1v) is 8.36. The first-order chi connectivity index (χ1) is 9.88. The van der Waals surface area contributed by atoms with Crippen molar-refractivity contribution in [1.82, 2.24) is 4.98 Å². The predicted molar refractivity (Wildman–Crippen MR) is 78.5 cm³/mol. The highest BCUT2D eigenvalue weighted by Crippen LogP contribution is 2.26. The molecule has 1 heterocycles. The first kappa shape index (κ1) is 15.2. The molecule has 0 radical (unpaired) electrons. The first-order valence-electron chi connectivity index (χ1n) is 6.30. The van der Waals surface area contributed by atoms with E-state index in [0.717, 1.165) is 6.26 Å². The van der Waals surface area contributed by atoms with E-state index >= 15 is 0 Å². The van der Waals surface area contributed by atoms with Crippen LogP contribution in [-0.4, -0.2) is 43.1 Å². The number of nitrogens with zero attached hydrogens (tertiary/aromatic N) is 1. The van der Waals surface area contributed by atoms with Crippen molar-refractivity contribution in [2.24, 2.45) is 0 Å². The van der Waals surface area contributed by atoms with Crippen LogP contribution >= 0.6 is 0 Å². The molecule has 1 aromatic heterocycles. The third-order valence-electron chi connectivity index (χ3n) is 2.87. The molecule has 21 heavy (non-hydrogen) atoms. The zero-order valence-corrected chi connectivity index (χ0v) is 12.3. The number of rotatable bonds is 6. The zero-order valence-electron chi connectivity index (χ0n) is 11.4. The van der Waals surface area contributed by atoms with Gasteiger partial charge >= 0.3 is 5.97 Å². The van der Waals surface area contributed by atoms with Crippen LogP contribution in [0.15, 0.2) is 30.5 Å². The summed E-state index contributed by atoms with van der Waals surface area (Å²) in [5.74, 6) is -0.961. The SMILES string of the molecule is CS(=O)(=O)CCCOc1cnc2ccccc2c1C(=O)O. The molecule has 0 bridgehead atoms. The van der Waals surface area contributed by atoms with Crippen LogP contribution in [0.4, 0.5) is 0 Å². The number of sulfone groups is 1. The molecule has 0 amide bonds. The molecule has 0 saturated carbocycles. The Morgan fingerprint density at radius 1 is 1.33 bits per heavy atom. The minimum absolute atomic E-state index is 0.00356. The third-order valence-corrected chi connectivity index (χ3v) is 3.90. The van der Waals surface area contributed by atoms with Crippen LogP contribution in [0, 0.1) is 0 Å². The van der Waals surface area contributed by atoms with Crippen molar-refractivity contribution in [1.29, 1.82) is 0 Å². The molecule has 112 valence electrons. The fraction of sp³-hybridized carbons (Fsp3) is 0.286. The standard InChI is InChI=1S/C14H15NO5S/c1-21(18,19)8-4-7-20-12-9-15-11-6-3-2-5-10(11)13(12)14(16)17/h2-3,5-6,9H,4,7-8H2,1H3,(H,16,17). The maximum Gasteiger partial charge on any atom is 0.340 e. The lowest BCUT2D eigenvalue weighted by Gasteiger charge is -2.10. The number of aromatic nitrogens is 1. The number of carbonyl (C=O) groups is 1. The Labute approximate surface area is 122 Å². The van der Waals surface area contributed by atoms with Gasteiger partial charge in [-0.15, -0.1) is 0 Å². The quantitative estimate of drug-likeness (QED) is 0.817. The van der Waals surface area contributed by atoms with Crippen LogP contribution < -0.4 is 4.74 Å². The van der Waals surface area contributed by atoms with Crippen molar-refractivity contribution < 1.29 is 23.1 Å². The van der Waals surface area contributed by atoms with E-state index in [-0.39, 0.29) is 23.7 Å². The maximum absolute atomic E-state index is 11.4. The summed E-state index contributed by atoms with van der Waals surface area (Å²) in [6, 6.07) is 6.88. The van der Waals surface area contributed by atoms with Gasteiger partial charge in [0.05, 0.1) is 24.1 Å². The number of hydrogen-bond donors (Lipinski definition) is 1. The normalized spacial score (nSPS) is 11.5. The Hall–Kier alpha value is -2.15. The smallest absolute Gasteiger partial charge is 0.340 e. The van der Waals surface area contributed by atoms with Crippen molar-refractivity contribution in [3.8, 4) is 5.75 Å². The molecule has 0 fully saturated rings. The molecule has 0 unspecified atom stereocenters. The minimum atomic E-state index is -3.05. The average Bonchev–Trinajstić information content (AvgIpc) is 2.41. The van der Waals surface area contributed by atoms with Gasteiger partial charge in [0.2, 0.25) is 0 Å². The van der Waals surface area contributed by atoms with E-state index in [0.29, 0.717) is 17.3 Å². The molecule has 2 aromatic rings. The topological polar surface area (TPSA) is 93.6 Å². The van der Waals surface area contributed by atoms with Gasteiger partial charge in [0.25, 0.3) is 0 Å². The molecule has 1 N–H and O–H groups in total. The highest BCUT2D eigenvalue weighted by atomic mass is 32.2. The number of fused-ring (bicyclic) bond motifs is 1. The van der Waals surface area contributed by atoms with Gasteiger partial charge in [0.1, 0.15) is 15.4 Å². The molecule has 6 nitrogen and oxygen atoms in total. The van der Waals surface area contributed by atoms with E-state index in [1.54, 1.807) is 24.3 Å². The summed E-state index contributed by atoms with van der Waals surface area (Å²) in [6.07, 6.45) is 2.80. The number of benzene rings is 1. The summed E-state index contributed by atoms with van der Waals surface area (Å²) in [5, 5.41) is 9.84. The molecular formula is C14H15NO5S. The molecule has 0 aliphatic heterocycles. The van der Waals surface area contributed by atoms with Gasteiger partial charge in [-0.05, 0) is 12.5 Å². The number of para-hydroxylation sites is 1. The predicted octanol–water partition coefficient (Wildman–Crippen LogP) is 1.75. The van der Waals surface area contributed by atoms with Gasteiger partial charge in [-0.1, -0.05) is 18.2 Å². The van der Waals surface area contributed by atoms with Crippen LogP contribution in [0.1, 0.15) is 16.8 Å². The summed E-state index contributed by atoms with van der Waals surface area (Å²) in [4.78, 5) is 15.6. The molecule has 7 heteroatoms. The van der Waals surface area contributed by atoms with Crippen molar-refractivity contribution >= 4 is 26.7 Å². The molecule has 0 spiro atoms. The van der Waals surface area contributed by atoms with Crippen LogP contribution in [0.25, 0.3) is 10.9 Å². The largest absolute Gasteiger partial charge is 0.491 e. The second-order valence-corrected chi connectivity index (χ2v) is 6.91. The van der Waals surface area contributed by atoms with Crippen LogP contribution in [-0.2, 0) is 9.84 Å². The lowest BCUT2D eigenvalue weighted by atomic mass is 10.1. The molecule has 0 atom stereocenters. The van der Waals surface area contributed by atoms with Gasteiger partial charge < -0.3 is 9.84 Å². The minimum Gasteiger partial charge on any atom is -0.491 e. The van der Waals surface area contributed by atoms with Gasteiger partial charge in [0.15, 0.2) is 5.75 Å². The van der Waals surface area contributed by atoms with Crippen LogP contribution in [0.3, 0.4) is 0 Å². The van der Waals surface area contributed by atoms with Gasteiger partial charge in [-0.25, -0.2) is 13.2 Å². The zero-order chi connectivity index (χ0) is 15.5. The van der Waals surface area contributed by atoms with E-state index < -0.39 is 15.8 Å². The Kier molecular flexibility index (Phi) is 4.42. The highest BCUT2D eigenvalue weighted by Gasteiger charge is 2.16. The monoisotopic (exact) mass is 309 g/mol. The highest BCUT2D eigenvalue weighted by molar-refractivity contribution is 7.90. The Morgan fingerprint density at radius 2 is 2.05 bits per heavy atom. The van der Waals surface area contributed by atoms with E-state index in [1.807, 2.05) is 0 Å². The Bertz CT molecular complexity index is 770. The molecule has 0 aliphatic carbocycles. The molecule has 0 aliphatic rings. The Morgan fingerprint density at radius 3 is 2.71 bits per heavy atom. The summed E-state index contributed by atoms with van der Waals surface area (Å²) in [5.41, 5.74) is 0.610. The maximum atomic E-state index is 11.4. The lowest BCUT2D eigenvalue weighted by molar-refractivity contribution is 0.0694. The van der Waals surface area contributed by atoms with Crippen LogP contribution in [0.2, 0.25) is 0 Å². The molecule has 2 rings (SSSR count). The third kappa shape index (κ3) is 3.91. The van der Waals surface area contributed by atoms with Gasteiger partial charge in [-0.3, -0.25) is 4.98 Å². The molecular weight excluding hydrogens is 294 g/mol. The Balaban J connectivity index is 2.23. The fourth-order valence-electron chi connectivity index (χ4n) is 1.96. The van der Waals surface area contributed by atoms with Gasteiger partial charge in [0, 0.05) is 11.6 Å². The van der Waals surface area contributed by atoms with E-state index in [4.69, 9.17) is 4.74 Å². The van der Waals surface area contributed by atoms with E-state index in [2.05, 4.69) is 4.98 Å². The number of pyridine rings is 1. The fourth-order valence-corrected chi connectivity index (χ4v) is 2.60. The summed E-state index contributed by atoms with van der Waals surface area (Å²) in [6.45, 7) is 0.118. The average molecular weight is 309 g/mol. The summed E-state index contributed by atoms with van der Waals surface area (Å²) < 4.78 is 27.5. The van der Waals surface area contributed by atoms with Crippen molar-refractivity contribution in [3.05, 3.63) is 36.0 Å². The molecule has 0 saturated heterocycles. The summed E-state index contributed by atoms with van der Waals surface area (Å²) in [7, 11) is -3.05. The van der Waals surface area contributed by atoms with E-state index in [1.165, 1.54) is 6.20 Å².